The molecule has 2 aromatic heterocycles. The van der Waals surface area contributed by atoms with Crippen LogP contribution in [-0.4, -0.2) is 9.55 Å². The maximum atomic E-state index is 9.50. The van der Waals surface area contributed by atoms with Gasteiger partial charge in [0.1, 0.15) is 5.82 Å². The van der Waals surface area contributed by atoms with Gasteiger partial charge in [0.2, 0.25) is 0 Å². The van der Waals surface area contributed by atoms with Crippen LogP contribution in [0.5, 0.6) is 0 Å². The summed E-state index contributed by atoms with van der Waals surface area (Å²) < 4.78 is 93.3. The zero-order chi connectivity index (χ0) is 57.5. The summed E-state index contributed by atoms with van der Waals surface area (Å²) in [5, 5.41) is 2.15. The van der Waals surface area contributed by atoms with Gasteiger partial charge in [-0.25, -0.2) is 4.98 Å². The van der Waals surface area contributed by atoms with E-state index in [4.69, 9.17) is 13.2 Å². The fourth-order valence-corrected chi connectivity index (χ4v) is 10.3. The van der Waals surface area contributed by atoms with E-state index in [0.717, 1.165) is 55.6 Å². The Labute approximate surface area is 445 Å². The number of hydrogen-bond acceptors (Lipinski definition) is 3. The third-order valence-electron chi connectivity index (χ3n) is 13.8. The van der Waals surface area contributed by atoms with Crippen LogP contribution in [0.2, 0.25) is 0 Å². The Hall–Kier alpha value is -6.22. The zero-order valence-corrected chi connectivity index (χ0v) is 44.6. The van der Waals surface area contributed by atoms with Gasteiger partial charge in [-0.15, -0.1) is 23.8 Å². The van der Waals surface area contributed by atoms with Gasteiger partial charge >= 0.3 is 0 Å². The number of fused-ring (bicyclic) bond motifs is 4. The number of hydrogen-bond donors (Lipinski definition) is 0. The number of aromatic nitrogens is 2. The number of para-hydroxylation sites is 3. The van der Waals surface area contributed by atoms with Crippen molar-refractivity contribution in [3.8, 4) is 28.1 Å². The number of benzene rings is 7. The van der Waals surface area contributed by atoms with Gasteiger partial charge in [-0.1, -0.05) is 172 Å². The Balaban J connectivity index is 0.00000774. The van der Waals surface area contributed by atoms with Crippen molar-refractivity contribution in [3.63, 3.8) is 0 Å². The van der Waals surface area contributed by atoms with Crippen molar-refractivity contribution in [3.05, 3.63) is 209 Å². The predicted octanol–water partition coefficient (Wildman–Crippen LogP) is 17.4. The molecular weight excluding hydrogens is 1030 g/mol. The van der Waals surface area contributed by atoms with Gasteiger partial charge in [0.05, 0.1) is 13.7 Å². The molecule has 4 nitrogen and oxygen atoms in total. The van der Waals surface area contributed by atoms with Crippen LogP contribution in [0.25, 0.3) is 49.9 Å². The van der Waals surface area contributed by atoms with E-state index >= 15 is 0 Å². The molecule has 1 aliphatic heterocycles. The van der Waals surface area contributed by atoms with Crippen molar-refractivity contribution in [2.45, 2.75) is 112 Å². The van der Waals surface area contributed by atoms with Gasteiger partial charge in [-0.3, -0.25) is 0 Å². The third kappa shape index (κ3) is 8.40. The summed E-state index contributed by atoms with van der Waals surface area (Å²) in [6, 6.07) is 31.9. The van der Waals surface area contributed by atoms with E-state index < -0.39 is 71.3 Å². The zero-order valence-electron chi connectivity index (χ0n) is 52.3. The van der Waals surface area contributed by atoms with Crippen molar-refractivity contribution in [1.82, 2.24) is 9.55 Å². The molecule has 5 heteroatoms. The quantitative estimate of drug-likeness (QED) is 0.149. The molecule has 1 aliphatic rings. The molecule has 0 saturated heterocycles. The minimum Gasteiger partial charge on any atom is -0.493 e. The minimum atomic E-state index is -0.690. The molecule has 0 bridgehead atoms. The molecule has 0 fully saturated rings. The first kappa shape index (κ1) is 37.6. The summed E-state index contributed by atoms with van der Waals surface area (Å²) in [6.45, 7) is 29.2. The molecule has 358 valence electrons. The molecule has 9 aromatic rings. The molecule has 0 spiro atoms. The van der Waals surface area contributed by atoms with Gasteiger partial charge in [0, 0.05) is 61.0 Å². The van der Waals surface area contributed by atoms with E-state index in [0.29, 0.717) is 28.2 Å². The predicted molar refractivity (Wildman–Crippen MR) is 293 cm³/mol. The minimum absolute atomic E-state index is 0. The van der Waals surface area contributed by atoms with E-state index in [-0.39, 0.29) is 54.1 Å². The largest absolute Gasteiger partial charge is 0.493 e. The third-order valence-corrected chi connectivity index (χ3v) is 13.8. The first-order valence-electron chi connectivity index (χ1n) is 28.7. The number of pyridine rings is 1. The van der Waals surface area contributed by atoms with Gasteiger partial charge in [0.15, 0.2) is 0 Å². The van der Waals surface area contributed by atoms with E-state index in [1.807, 2.05) is 81.5 Å². The molecule has 0 aliphatic carbocycles. The first-order chi connectivity index (χ1) is 36.9. The summed E-state index contributed by atoms with van der Waals surface area (Å²) in [5.41, 5.74) is 8.93. The smallest absolute Gasteiger partial charge is 0.135 e. The summed E-state index contributed by atoms with van der Waals surface area (Å²) in [6.07, 6.45) is 1.88. The maximum Gasteiger partial charge on any atom is 0.135 e. The van der Waals surface area contributed by atoms with Crippen LogP contribution in [0, 0.1) is 32.6 Å². The van der Waals surface area contributed by atoms with Gasteiger partial charge < -0.3 is 14.4 Å². The number of anilines is 4. The van der Waals surface area contributed by atoms with Crippen LogP contribution in [0.1, 0.15) is 129 Å². The Morgan fingerprint density at radius 1 is 0.557 bits per heavy atom. The fourth-order valence-electron chi connectivity index (χ4n) is 10.3. The number of nitrogens with zero attached hydrogens (tertiary/aromatic N) is 4. The Morgan fingerprint density at radius 2 is 1.13 bits per heavy atom. The van der Waals surface area contributed by atoms with Crippen molar-refractivity contribution in [1.29, 1.82) is 0 Å². The topological polar surface area (TPSA) is 24.3 Å². The summed E-state index contributed by atoms with van der Waals surface area (Å²) in [5.74, 6) is 0.809. The normalized spacial score (nSPS) is 15.3. The van der Waals surface area contributed by atoms with Gasteiger partial charge in [0.25, 0.3) is 0 Å². The van der Waals surface area contributed by atoms with Crippen LogP contribution < -0.4 is 9.80 Å². The Morgan fingerprint density at radius 3 is 1.71 bits per heavy atom. The van der Waals surface area contributed by atoms with Crippen LogP contribution in [0.4, 0.5) is 22.7 Å². The SMILES string of the molecule is [2H]c1c([2H])c([2H])c(-c2c(C)c(C(C)(C)C)c(C)c(-c3c([2H])c([2H])c([2H])c([2H])c3[2H])c2N2[CH-]N(c3[c-]c(C(C)(C)c4[c-]c5c(cc4)c4ccccc4n5-c4cc(C(C)(C)C)ccn4)cc(C(C)(C)C)c3)c3ccccc32)c([2H])c1[2H].[Pt]. The van der Waals surface area contributed by atoms with Gasteiger partial charge in [-0.05, 0) is 105 Å². The van der Waals surface area contributed by atoms with Crippen molar-refractivity contribution < 1.29 is 34.8 Å². The Kier molecular flexibility index (Phi) is 9.60. The van der Waals surface area contributed by atoms with Crippen LogP contribution in [0.15, 0.2) is 152 Å². The Bertz CT molecular complexity index is 3870. The molecule has 0 atom stereocenters. The molecule has 3 heterocycles. The molecule has 0 unspecified atom stereocenters. The molecule has 70 heavy (non-hydrogen) atoms. The van der Waals surface area contributed by atoms with E-state index in [1.165, 1.54) is 5.56 Å². The van der Waals surface area contributed by atoms with Crippen molar-refractivity contribution >= 4 is 44.6 Å². The van der Waals surface area contributed by atoms with E-state index in [9.17, 15) is 5.48 Å². The van der Waals surface area contributed by atoms with Crippen LogP contribution in [-0.2, 0) is 42.7 Å². The summed E-state index contributed by atoms with van der Waals surface area (Å²) >= 11 is 0. The number of rotatable bonds is 7. The fraction of sp³-hybridized carbons (Fsp3) is 0.262. The molecule has 0 saturated carbocycles. The molecule has 7 aromatic carbocycles. The second kappa shape index (κ2) is 17.9. The maximum absolute atomic E-state index is 9.50. The molecule has 0 amide bonds. The van der Waals surface area contributed by atoms with Gasteiger partial charge in [-0.2, -0.15) is 47.0 Å². The molecule has 0 N–H and O–H groups in total. The van der Waals surface area contributed by atoms with Crippen molar-refractivity contribution in [2.24, 2.45) is 0 Å². The molecule has 0 radical (unpaired) electrons. The van der Waals surface area contributed by atoms with E-state index in [2.05, 4.69) is 133 Å². The van der Waals surface area contributed by atoms with E-state index in [1.54, 1.807) is 0 Å². The second-order valence-electron chi connectivity index (χ2n) is 22.0. The van der Waals surface area contributed by atoms with Crippen LogP contribution in [0.3, 0.4) is 0 Å². The molecular formula is C65H65N4Pt-3. The first-order valence-corrected chi connectivity index (χ1v) is 23.7. The molecule has 10 rings (SSSR count). The standard InChI is InChI=1S/C65H65N4.Pt/c1-42-58(44-24-16-14-17-25-44)61(59(45-26-18-15-19-27-45)43(2)60(42)64(9,10)11)68-41-67(54-30-22-23-31-55(54)68)50-37-48(63(6,7)8)36-49(38-50)65(12,13)47-32-33-52-51-28-20-21-29-53(51)69(56(52)39-47)57-40-46(34-35-66-57)62(3,4)5;/h14-37,40-41H,1-13H3;/q-3;/i14D,15D,16D,17D,18D,19D,24D,25D,26D,27D;. The monoisotopic (exact) mass is 1110 g/mol. The van der Waals surface area contributed by atoms with Crippen molar-refractivity contribution in [2.75, 3.05) is 9.80 Å². The average Bonchev–Trinajstić information content (AvgIpc) is 4.06. The summed E-state index contributed by atoms with van der Waals surface area (Å²) in [4.78, 5) is 8.85. The second-order valence-corrected chi connectivity index (χ2v) is 22.0. The summed E-state index contributed by atoms with van der Waals surface area (Å²) in [7, 11) is 0. The average molecular weight is 1110 g/mol. The van der Waals surface area contributed by atoms with Crippen LogP contribution >= 0.6 is 0 Å².